The summed E-state index contributed by atoms with van der Waals surface area (Å²) >= 11 is 7.23. The summed E-state index contributed by atoms with van der Waals surface area (Å²) in [5.74, 6) is -0.179. The van der Waals surface area contributed by atoms with E-state index in [2.05, 4.69) is 15.3 Å². The Bertz CT molecular complexity index is 541. The number of carbonyl (C=O) groups excluding carboxylic acids is 1. The molecule has 88 valence electrons. The summed E-state index contributed by atoms with van der Waals surface area (Å²) in [6.45, 7) is 2.35. The van der Waals surface area contributed by atoms with Gasteiger partial charge in [-0.2, -0.15) is 0 Å². The van der Waals surface area contributed by atoms with Crippen molar-refractivity contribution < 1.29 is 4.79 Å². The number of aryl methyl sites for hydroxylation is 1. The Hall–Kier alpha value is -1.46. The third-order valence-corrected chi connectivity index (χ3v) is 3.23. The summed E-state index contributed by atoms with van der Waals surface area (Å²) in [7, 11) is 0. The second-order valence-electron chi connectivity index (χ2n) is 3.43. The molecular weight excluding hydrogens is 258 g/mol. The topological polar surface area (TPSA) is 54.9 Å². The number of aromatic nitrogens is 2. The lowest BCUT2D eigenvalue weighted by Crippen LogP contribution is -2.22. The fourth-order valence-electron chi connectivity index (χ4n) is 1.29. The van der Waals surface area contributed by atoms with E-state index in [9.17, 15) is 4.79 Å². The van der Waals surface area contributed by atoms with Crippen LogP contribution in [-0.4, -0.2) is 15.9 Å². The largest absolute Gasteiger partial charge is 0.346 e. The highest BCUT2D eigenvalue weighted by molar-refractivity contribution is 7.09. The van der Waals surface area contributed by atoms with Crippen LogP contribution in [0.3, 0.4) is 0 Å². The zero-order valence-electron chi connectivity index (χ0n) is 9.11. The molecule has 0 saturated carbocycles. The van der Waals surface area contributed by atoms with Gasteiger partial charge in [0.05, 0.1) is 6.54 Å². The van der Waals surface area contributed by atoms with Crippen molar-refractivity contribution in [3.63, 3.8) is 0 Å². The second kappa shape index (κ2) is 5.25. The molecule has 4 nitrogen and oxygen atoms in total. The molecule has 2 heterocycles. The first kappa shape index (κ1) is 12.0. The Labute approximate surface area is 108 Å². The number of hydrogen-bond donors (Lipinski definition) is 1. The number of pyridine rings is 1. The van der Waals surface area contributed by atoms with Gasteiger partial charge in [-0.15, -0.1) is 11.3 Å². The lowest BCUT2D eigenvalue weighted by atomic mass is 10.2. The second-order valence-corrected chi connectivity index (χ2v) is 4.76. The third kappa shape index (κ3) is 3.25. The van der Waals surface area contributed by atoms with Gasteiger partial charge in [-0.1, -0.05) is 11.6 Å². The van der Waals surface area contributed by atoms with Gasteiger partial charge in [0.2, 0.25) is 0 Å². The number of thiazole rings is 1. The Kier molecular flexibility index (Phi) is 3.71. The van der Waals surface area contributed by atoms with E-state index < -0.39 is 0 Å². The minimum Gasteiger partial charge on any atom is -0.346 e. The number of nitrogens with one attached hydrogen (secondary N) is 1. The maximum atomic E-state index is 11.8. The van der Waals surface area contributed by atoms with Crippen LogP contribution >= 0.6 is 22.9 Å². The van der Waals surface area contributed by atoms with Gasteiger partial charge in [0.1, 0.15) is 10.2 Å². The van der Waals surface area contributed by atoms with Crippen molar-refractivity contribution in [1.82, 2.24) is 15.3 Å². The van der Waals surface area contributed by atoms with E-state index in [1.165, 1.54) is 23.6 Å². The number of hydrogen-bond acceptors (Lipinski definition) is 4. The lowest BCUT2D eigenvalue weighted by molar-refractivity contribution is 0.0950. The SMILES string of the molecule is Cc1csc(CNC(=O)c2ccnc(Cl)c2)n1. The first-order valence-electron chi connectivity index (χ1n) is 4.96. The molecule has 1 N–H and O–H groups in total. The Morgan fingerprint density at radius 2 is 2.41 bits per heavy atom. The van der Waals surface area contributed by atoms with E-state index >= 15 is 0 Å². The predicted molar refractivity (Wildman–Crippen MR) is 67.3 cm³/mol. The molecule has 0 aliphatic rings. The monoisotopic (exact) mass is 267 g/mol. The number of carbonyl (C=O) groups is 1. The highest BCUT2D eigenvalue weighted by Gasteiger charge is 2.07. The number of halogens is 1. The van der Waals surface area contributed by atoms with E-state index in [0.717, 1.165) is 10.7 Å². The van der Waals surface area contributed by atoms with Gasteiger partial charge in [0, 0.05) is 22.8 Å². The molecule has 0 unspecified atom stereocenters. The average Bonchev–Trinajstić information content (AvgIpc) is 2.72. The highest BCUT2D eigenvalue weighted by Crippen LogP contribution is 2.09. The average molecular weight is 268 g/mol. The molecule has 0 aliphatic heterocycles. The molecule has 6 heteroatoms. The molecule has 17 heavy (non-hydrogen) atoms. The summed E-state index contributed by atoms with van der Waals surface area (Å²) < 4.78 is 0. The fourth-order valence-corrected chi connectivity index (χ4v) is 2.17. The molecule has 1 amide bonds. The molecule has 2 aromatic heterocycles. The van der Waals surface area contributed by atoms with Crippen molar-refractivity contribution in [2.75, 3.05) is 0 Å². The zero-order valence-corrected chi connectivity index (χ0v) is 10.7. The van der Waals surface area contributed by atoms with Crippen molar-refractivity contribution in [2.45, 2.75) is 13.5 Å². The van der Waals surface area contributed by atoms with Crippen molar-refractivity contribution >= 4 is 28.8 Å². The molecule has 0 aromatic carbocycles. The molecule has 2 rings (SSSR count). The Morgan fingerprint density at radius 3 is 3.06 bits per heavy atom. The summed E-state index contributed by atoms with van der Waals surface area (Å²) in [5, 5.41) is 5.92. The maximum absolute atomic E-state index is 11.8. The van der Waals surface area contributed by atoms with Gasteiger partial charge in [0.25, 0.3) is 5.91 Å². The highest BCUT2D eigenvalue weighted by atomic mass is 35.5. The van der Waals surface area contributed by atoms with Crippen LogP contribution in [0.15, 0.2) is 23.7 Å². The van der Waals surface area contributed by atoms with Crippen LogP contribution < -0.4 is 5.32 Å². The van der Waals surface area contributed by atoms with Crippen LogP contribution in [0.4, 0.5) is 0 Å². The molecule has 0 radical (unpaired) electrons. The van der Waals surface area contributed by atoms with E-state index in [1.807, 2.05) is 12.3 Å². The molecule has 0 saturated heterocycles. The molecule has 0 bridgehead atoms. The zero-order chi connectivity index (χ0) is 12.3. The van der Waals surface area contributed by atoms with E-state index in [-0.39, 0.29) is 5.91 Å². The Balaban J connectivity index is 1.98. The van der Waals surface area contributed by atoms with Crippen molar-refractivity contribution in [1.29, 1.82) is 0 Å². The molecule has 0 aliphatic carbocycles. The maximum Gasteiger partial charge on any atom is 0.251 e. The lowest BCUT2D eigenvalue weighted by Gasteiger charge is -2.02. The minimum atomic E-state index is -0.179. The normalized spacial score (nSPS) is 10.2. The van der Waals surface area contributed by atoms with Gasteiger partial charge in [0.15, 0.2) is 0 Å². The van der Waals surface area contributed by atoms with E-state index in [0.29, 0.717) is 17.3 Å². The summed E-state index contributed by atoms with van der Waals surface area (Å²) in [6, 6.07) is 3.15. The van der Waals surface area contributed by atoms with Crippen molar-refractivity contribution in [3.8, 4) is 0 Å². The van der Waals surface area contributed by atoms with Crippen LogP contribution in [0.5, 0.6) is 0 Å². The van der Waals surface area contributed by atoms with Crippen LogP contribution in [-0.2, 0) is 6.54 Å². The third-order valence-electron chi connectivity index (χ3n) is 2.06. The predicted octanol–water partition coefficient (Wildman–Crippen LogP) is 2.43. The molecular formula is C11H10ClN3OS. The van der Waals surface area contributed by atoms with Gasteiger partial charge in [-0.25, -0.2) is 9.97 Å². The van der Waals surface area contributed by atoms with Gasteiger partial charge < -0.3 is 5.32 Å². The molecule has 0 atom stereocenters. The molecule has 0 fully saturated rings. The van der Waals surface area contributed by atoms with Gasteiger partial charge >= 0.3 is 0 Å². The van der Waals surface area contributed by atoms with Gasteiger partial charge in [-0.05, 0) is 19.1 Å². The standard InChI is InChI=1S/C11H10ClN3OS/c1-7-6-17-10(15-7)5-14-11(16)8-2-3-13-9(12)4-8/h2-4,6H,5H2,1H3,(H,14,16). The summed E-state index contributed by atoms with van der Waals surface area (Å²) in [6.07, 6.45) is 1.50. The Morgan fingerprint density at radius 1 is 1.59 bits per heavy atom. The van der Waals surface area contributed by atoms with E-state index in [4.69, 9.17) is 11.6 Å². The smallest absolute Gasteiger partial charge is 0.251 e. The summed E-state index contributed by atoms with van der Waals surface area (Å²) in [5.41, 5.74) is 1.46. The quantitative estimate of drug-likeness (QED) is 0.869. The summed E-state index contributed by atoms with van der Waals surface area (Å²) in [4.78, 5) is 19.8. The van der Waals surface area contributed by atoms with Crippen molar-refractivity contribution in [2.24, 2.45) is 0 Å². The molecule has 0 spiro atoms. The first-order valence-corrected chi connectivity index (χ1v) is 6.21. The van der Waals surface area contributed by atoms with Crippen LogP contribution in [0.25, 0.3) is 0 Å². The number of nitrogens with zero attached hydrogens (tertiary/aromatic N) is 2. The van der Waals surface area contributed by atoms with Gasteiger partial charge in [-0.3, -0.25) is 4.79 Å². The van der Waals surface area contributed by atoms with Crippen LogP contribution in [0.1, 0.15) is 21.1 Å². The first-order chi connectivity index (χ1) is 8.15. The fraction of sp³-hybridized carbons (Fsp3) is 0.182. The van der Waals surface area contributed by atoms with Crippen LogP contribution in [0, 0.1) is 6.92 Å². The van der Waals surface area contributed by atoms with E-state index in [1.54, 1.807) is 6.07 Å². The number of amides is 1. The number of rotatable bonds is 3. The van der Waals surface area contributed by atoms with Crippen molar-refractivity contribution in [3.05, 3.63) is 45.1 Å². The minimum absolute atomic E-state index is 0.179. The molecule has 2 aromatic rings. The van der Waals surface area contributed by atoms with Crippen LogP contribution in [0.2, 0.25) is 5.15 Å².